The van der Waals surface area contributed by atoms with E-state index in [1.807, 2.05) is 11.8 Å². The van der Waals surface area contributed by atoms with Gasteiger partial charge in [0.15, 0.2) is 0 Å². The second kappa shape index (κ2) is 6.51. The maximum absolute atomic E-state index is 11.7. The maximum atomic E-state index is 11.7. The van der Waals surface area contributed by atoms with Gasteiger partial charge in [-0.15, -0.1) is 0 Å². The zero-order valence-electron chi connectivity index (χ0n) is 9.55. The average Bonchev–Trinajstić information content (AvgIpc) is 2.27. The van der Waals surface area contributed by atoms with Crippen LogP contribution in [0.15, 0.2) is 0 Å². The van der Waals surface area contributed by atoms with Gasteiger partial charge < -0.3 is 5.11 Å². The highest BCUT2D eigenvalue weighted by atomic mass is 32.2. The molecule has 7 heteroatoms. The number of β-amino-alcohol motifs (C(OH)–C–C–N with tert-alkyl or cyclic N) is 1. The quantitative estimate of drug-likeness (QED) is 0.588. The van der Waals surface area contributed by atoms with Crippen LogP contribution >= 0.6 is 0 Å². The smallest absolute Gasteiger partial charge is 0.284 e. The summed E-state index contributed by atoms with van der Waals surface area (Å²) in [6, 6.07) is 0. The van der Waals surface area contributed by atoms with E-state index in [0.29, 0.717) is 26.1 Å². The van der Waals surface area contributed by atoms with Gasteiger partial charge in [-0.05, 0) is 6.42 Å². The van der Waals surface area contributed by atoms with Crippen LogP contribution in [0.4, 0.5) is 0 Å². The van der Waals surface area contributed by atoms with Crippen LogP contribution in [0.2, 0.25) is 0 Å². The second-order valence-corrected chi connectivity index (χ2v) is 5.57. The standard InChI is InChI=1S/C9H20N2O4S/c1-2-7-15-16(13,14)9-8-11(5-6-12)4-3-10-9/h9-10,12H,2-8H2,1H3. The van der Waals surface area contributed by atoms with Gasteiger partial charge in [0.25, 0.3) is 10.1 Å². The first kappa shape index (κ1) is 13.9. The topological polar surface area (TPSA) is 78.9 Å². The maximum Gasteiger partial charge on any atom is 0.284 e. The fourth-order valence-electron chi connectivity index (χ4n) is 1.59. The minimum Gasteiger partial charge on any atom is -0.395 e. The van der Waals surface area contributed by atoms with Gasteiger partial charge in [0.05, 0.1) is 13.2 Å². The number of aliphatic hydroxyl groups excluding tert-OH is 1. The molecule has 1 saturated heterocycles. The van der Waals surface area contributed by atoms with Gasteiger partial charge in [0.1, 0.15) is 5.37 Å². The Morgan fingerprint density at radius 3 is 2.94 bits per heavy atom. The number of piperazine rings is 1. The van der Waals surface area contributed by atoms with Crippen molar-refractivity contribution in [2.45, 2.75) is 18.7 Å². The molecule has 1 rings (SSSR count). The van der Waals surface area contributed by atoms with Gasteiger partial charge in [-0.25, -0.2) is 0 Å². The van der Waals surface area contributed by atoms with E-state index in [2.05, 4.69) is 5.32 Å². The zero-order chi connectivity index (χ0) is 12.0. The number of rotatable bonds is 6. The van der Waals surface area contributed by atoms with Crippen LogP contribution in [-0.4, -0.2) is 63.2 Å². The summed E-state index contributed by atoms with van der Waals surface area (Å²) in [5.74, 6) is 0. The van der Waals surface area contributed by atoms with Crippen molar-refractivity contribution in [3.63, 3.8) is 0 Å². The number of nitrogens with zero attached hydrogens (tertiary/aromatic N) is 1. The summed E-state index contributed by atoms with van der Waals surface area (Å²) in [6.45, 7) is 4.35. The largest absolute Gasteiger partial charge is 0.395 e. The molecule has 0 spiro atoms. The third-order valence-corrected chi connectivity index (χ3v) is 3.95. The normalized spacial score (nSPS) is 23.5. The molecule has 96 valence electrons. The molecule has 1 heterocycles. The van der Waals surface area contributed by atoms with Crippen LogP contribution in [0, 0.1) is 0 Å². The minimum absolute atomic E-state index is 0.0442. The third-order valence-electron chi connectivity index (χ3n) is 2.44. The zero-order valence-corrected chi connectivity index (χ0v) is 10.4. The highest BCUT2D eigenvalue weighted by Crippen LogP contribution is 2.08. The summed E-state index contributed by atoms with van der Waals surface area (Å²) in [5, 5.41) is 11.0. The summed E-state index contributed by atoms with van der Waals surface area (Å²) < 4.78 is 28.3. The van der Waals surface area contributed by atoms with Crippen molar-refractivity contribution in [3.05, 3.63) is 0 Å². The molecule has 0 aromatic heterocycles. The lowest BCUT2D eigenvalue weighted by molar-refractivity contribution is 0.168. The van der Waals surface area contributed by atoms with Gasteiger partial charge in [-0.1, -0.05) is 6.92 Å². The molecular weight excluding hydrogens is 232 g/mol. The lowest BCUT2D eigenvalue weighted by Gasteiger charge is -2.32. The number of hydrogen-bond donors (Lipinski definition) is 2. The van der Waals surface area contributed by atoms with Gasteiger partial charge in [0, 0.05) is 26.2 Å². The van der Waals surface area contributed by atoms with E-state index < -0.39 is 15.5 Å². The molecule has 1 atom stereocenters. The molecule has 2 N–H and O–H groups in total. The molecule has 0 radical (unpaired) electrons. The van der Waals surface area contributed by atoms with E-state index >= 15 is 0 Å². The van der Waals surface area contributed by atoms with Crippen LogP contribution < -0.4 is 5.32 Å². The molecule has 1 fully saturated rings. The van der Waals surface area contributed by atoms with Gasteiger partial charge in [-0.2, -0.15) is 8.42 Å². The molecule has 0 aromatic rings. The molecule has 0 bridgehead atoms. The number of nitrogens with one attached hydrogen (secondary N) is 1. The fourth-order valence-corrected chi connectivity index (χ4v) is 2.87. The van der Waals surface area contributed by atoms with E-state index in [9.17, 15) is 8.42 Å². The Bertz CT molecular complexity index is 292. The van der Waals surface area contributed by atoms with Crippen LogP contribution in [0.5, 0.6) is 0 Å². The predicted octanol–water partition coefficient (Wildman–Crippen LogP) is -1.03. The Kier molecular flexibility index (Phi) is 5.63. The highest BCUT2D eigenvalue weighted by molar-refractivity contribution is 7.87. The van der Waals surface area contributed by atoms with Gasteiger partial charge in [0.2, 0.25) is 0 Å². The Balaban J connectivity index is 2.52. The molecule has 0 amide bonds. The summed E-state index contributed by atoms with van der Waals surface area (Å²) in [7, 11) is -3.53. The van der Waals surface area contributed by atoms with Crippen molar-refractivity contribution in [2.24, 2.45) is 0 Å². The molecule has 6 nitrogen and oxygen atoms in total. The van der Waals surface area contributed by atoms with Crippen molar-refractivity contribution in [2.75, 3.05) is 39.4 Å². The second-order valence-electron chi connectivity index (χ2n) is 3.78. The molecule has 16 heavy (non-hydrogen) atoms. The fraction of sp³-hybridized carbons (Fsp3) is 1.00. The summed E-state index contributed by atoms with van der Waals surface area (Å²) in [6.07, 6.45) is 0.673. The summed E-state index contributed by atoms with van der Waals surface area (Å²) in [5.41, 5.74) is 0. The monoisotopic (exact) mass is 252 g/mol. The van der Waals surface area contributed by atoms with Crippen molar-refractivity contribution in [1.29, 1.82) is 0 Å². The van der Waals surface area contributed by atoms with E-state index in [0.717, 1.165) is 6.54 Å². The first-order valence-corrected chi connectivity index (χ1v) is 7.02. The van der Waals surface area contributed by atoms with Crippen LogP contribution in [0.25, 0.3) is 0 Å². The van der Waals surface area contributed by atoms with Crippen molar-refractivity contribution in [1.82, 2.24) is 10.2 Å². The lowest BCUT2D eigenvalue weighted by atomic mass is 10.3. The van der Waals surface area contributed by atoms with Crippen LogP contribution in [0.3, 0.4) is 0 Å². The molecular formula is C9H20N2O4S. The molecule has 0 aromatic carbocycles. The molecule has 0 aliphatic carbocycles. The first-order valence-electron chi connectivity index (χ1n) is 5.55. The van der Waals surface area contributed by atoms with Gasteiger partial charge >= 0.3 is 0 Å². The summed E-state index contributed by atoms with van der Waals surface area (Å²) >= 11 is 0. The highest BCUT2D eigenvalue weighted by Gasteiger charge is 2.30. The Labute approximate surface area is 96.7 Å². The Hall–Kier alpha value is -0.210. The van der Waals surface area contributed by atoms with Crippen molar-refractivity contribution in [3.8, 4) is 0 Å². The lowest BCUT2D eigenvalue weighted by Crippen LogP contribution is -2.54. The molecule has 1 unspecified atom stereocenters. The number of hydrogen-bond acceptors (Lipinski definition) is 6. The van der Waals surface area contributed by atoms with Crippen molar-refractivity contribution < 1.29 is 17.7 Å². The minimum atomic E-state index is -3.53. The average molecular weight is 252 g/mol. The van der Waals surface area contributed by atoms with Gasteiger partial charge in [-0.3, -0.25) is 14.4 Å². The van der Waals surface area contributed by atoms with Crippen LogP contribution in [-0.2, 0) is 14.3 Å². The molecule has 1 aliphatic heterocycles. The summed E-state index contributed by atoms with van der Waals surface area (Å²) in [4.78, 5) is 1.91. The predicted molar refractivity (Wildman–Crippen MR) is 60.5 cm³/mol. The van der Waals surface area contributed by atoms with Crippen LogP contribution in [0.1, 0.15) is 13.3 Å². The van der Waals surface area contributed by atoms with E-state index in [1.165, 1.54) is 0 Å². The van der Waals surface area contributed by atoms with Crippen molar-refractivity contribution >= 4 is 10.1 Å². The first-order chi connectivity index (χ1) is 7.60. The third kappa shape index (κ3) is 3.99. The molecule has 1 aliphatic rings. The molecule has 0 saturated carbocycles. The van der Waals surface area contributed by atoms with E-state index in [1.54, 1.807) is 0 Å². The Morgan fingerprint density at radius 1 is 1.56 bits per heavy atom. The number of aliphatic hydroxyl groups is 1. The van der Waals surface area contributed by atoms with E-state index in [-0.39, 0.29) is 13.2 Å². The van der Waals surface area contributed by atoms with E-state index in [4.69, 9.17) is 9.29 Å². The Morgan fingerprint density at radius 2 is 2.31 bits per heavy atom. The SMILES string of the molecule is CCCOS(=O)(=O)C1CN(CCO)CCN1.